The van der Waals surface area contributed by atoms with Crippen LogP contribution in [0, 0.1) is 0 Å². The number of aryl methyl sites for hydroxylation is 1. The second-order valence-corrected chi connectivity index (χ2v) is 5.29. The van der Waals surface area contributed by atoms with Gasteiger partial charge < -0.3 is 9.30 Å². The first-order valence-electron chi connectivity index (χ1n) is 7.54. The van der Waals surface area contributed by atoms with Crippen LogP contribution in [-0.4, -0.2) is 28.8 Å². The van der Waals surface area contributed by atoms with E-state index in [0.29, 0.717) is 11.6 Å². The van der Waals surface area contributed by atoms with Crippen molar-refractivity contribution in [3.05, 3.63) is 59.9 Å². The average molecular weight is 322 g/mol. The number of methoxy groups -OCH3 is 1. The molecule has 0 fully saturated rings. The summed E-state index contributed by atoms with van der Waals surface area (Å²) in [6.45, 7) is 0. The first-order valence-corrected chi connectivity index (χ1v) is 7.54. The minimum atomic E-state index is -0.223. The lowest BCUT2D eigenvalue weighted by Crippen LogP contribution is -2.21. The Morgan fingerprint density at radius 3 is 2.79 bits per heavy atom. The van der Waals surface area contributed by atoms with E-state index in [-0.39, 0.29) is 12.3 Å². The number of fused-ring (bicyclic) bond motifs is 1. The number of imidazole rings is 1. The molecule has 24 heavy (non-hydrogen) atoms. The zero-order valence-electron chi connectivity index (χ0n) is 13.6. The van der Waals surface area contributed by atoms with E-state index in [1.54, 1.807) is 13.3 Å². The molecule has 0 aliphatic heterocycles. The van der Waals surface area contributed by atoms with Crippen LogP contribution in [0.2, 0.25) is 0 Å². The number of aromatic nitrogens is 2. The van der Waals surface area contributed by atoms with E-state index >= 15 is 0 Å². The molecule has 0 aliphatic rings. The molecule has 122 valence electrons. The fraction of sp³-hybridized carbons (Fsp3) is 0.167. The third-order valence-electron chi connectivity index (χ3n) is 3.73. The van der Waals surface area contributed by atoms with Crippen LogP contribution in [0.3, 0.4) is 0 Å². The van der Waals surface area contributed by atoms with Crippen LogP contribution in [0.5, 0.6) is 5.75 Å². The van der Waals surface area contributed by atoms with Crippen molar-refractivity contribution in [3.8, 4) is 5.75 Å². The van der Waals surface area contributed by atoms with Gasteiger partial charge in [-0.05, 0) is 24.3 Å². The van der Waals surface area contributed by atoms with Crippen LogP contribution in [0.25, 0.3) is 11.0 Å². The van der Waals surface area contributed by atoms with E-state index in [1.165, 1.54) is 0 Å². The molecule has 0 bridgehead atoms. The molecular formula is C18H18N4O2. The summed E-state index contributed by atoms with van der Waals surface area (Å²) in [5.74, 6) is 1.17. The van der Waals surface area contributed by atoms with E-state index in [4.69, 9.17) is 4.74 Å². The van der Waals surface area contributed by atoms with Crippen LogP contribution < -0.4 is 10.2 Å². The monoisotopic (exact) mass is 322 g/mol. The molecule has 6 nitrogen and oxygen atoms in total. The summed E-state index contributed by atoms with van der Waals surface area (Å²) >= 11 is 0. The van der Waals surface area contributed by atoms with E-state index in [2.05, 4.69) is 15.5 Å². The number of para-hydroxylation sites is 3. The molecule has 3 aromatic rings. The summed E-state index contributed by atoms with van der Waals surface area (Å²) in [7, 11) is 3.49. The molecule has 1 N–H and O–H groups in total. The zero-order chi connectivity index (χ0) is 16.9. The van der Waals surface area contributed by atoms with E-state index in [9.17, 15) is 4.79 Å². The quantitative estimate of drug-likeness (QED) is 0.579. The molecule has 1 amide bonds. The van der Waals surface area contributed by atoms with Crippen molar-refractivity contribution in [3.63, 3.8) is 0 Å². The number of hydrogen-bond acceptors (Lipinski definition) is 4. The molecule has 1 aromatic heterocycles. The second kappa shape index (κ2) is 6.95. The highest BCUT2D eigenvalue weighted by Gasteiger charge is 2.11. The highest BCUT2D eigenvalue weighted by atomic mass is 16.5. The van der Waals surface area contributed by atoms with Crippen molar-refractivity contribution in [1.82, 2.24) is 15.0 Å². The Labute approximate surface area is 139 Å². The molecule has 2 aromatic carbocycles. The molecule has 6 heteroatoms. The molecule has 0 spiro atoms. The summed E-state index contributed by atoms with van der Waals surface area (Å²) in [4.78, 5) is 16.6. The fourth-order valence-electron chi connectivity index (χ4n) is 2.48. The van der Waals surface area contributed by atoms with E-state index < -0.39 is 0 Å². The Balaban J connectivity index is 1.67. The number of nitrogens with zero attached hydrogens (tertiary/aromatic N) is 3. The second-order valence-electron chi connectivity index (χ2n) is 5.29. The highest BCUT2D eigenvalue weighted by Crippen LogP contribution is 2.15. The van der Waals surface area contributed by atoms with Crippen molar-refractivity contribution in [2.24, 2.45) is 12.1 Å². The molecule has 0 saturated carbocycles. The lowest BCUT2D eigenvalue weighted by atomic mass is 10.2. The standard InChI is InChI=1S/C18H18N4O2/c1-22-15-9-5-4-8-14(15)20-17(22)11-18(23)21-19-12-13-7-3-6-10-16(13)24-2/h3-10,12H,11H2,1-2H3,(H,21,23)/b19-12+. The van der Waals surface area contributed by atoms with Gasteiger partial charge in [-0.1, -0.05) is 24.3 Å². The molecule has 0 radical (unpaired) electrons. The fourth-order valence-corrected chi connectivity index (χ4v) is 2.48. The Hall–Kier alpha value is -3.15. The van der Waals surface area contributed by atoms with Crippen molar-refractivity contribution < 1.29 is 9.53 Å². The SMILES string of the molecule is COc1ccccc1/C=N/NC(=O)Cc1nc2ccccc2n1C. The van der Waals surface area contributed by atoms with Crippen molar-refractivity contribution in [2.75, 3.05) is 7.11 Å². The summed E-state index contributed by atoms with van der Waals surface area (Å²) in [5.41, 5.74) is 5.19. The maximum absolute atomic E-state index is 12.1. The number of nitrogens with one attached hydrogen (secondary N) is 1. The largest absolute Gasteiger partial charge is 0.496 e. The number of hydrazone groups is 1. The van der Waals surface area contributed by atoms with E-state index in [0.717, 1.165) is 16.6 Å². The Bertz CT molecular complexity index is 899. The van der Waals surface area contributed by atoms with Gasteiger partial charge in [-0.3, -0.25) is 4.79 Å². The maximum atomic E-state index is 12.1. The van der Waals surface area contributed by atoms with Gasteiger partial charge in [0.2, 0.25) is 5.91 Å². The van der Waals surface area contributed by atoms with Gasteiger partial charge in [0, 0.05) is 12.6 Å². The molecule has 0 saturated heterocycles. The minimum absolute atomic E-state index is 0.161. The van der Waals surface area contributed by atoms with Crippen molar-refractivity contribution in [1.29, 1.82) is 0 Å². The number of carbonyl (C=O) groups is 1. The summed E-state index contributed by atoms with van der Waals surface area (Å²) in [6.07, 6.45) is 1.72. The van der Waals surface area contributed by atoms with Gasteiger partial charge in [0.1, 0.15) is 11.6 Å². The normalized spacial score (nSPS) is 11.1. The lowest BCUT2D eigenvalue weighted by molar-refractivity contribution is -0.120. The smallest absolute Gasteiger partial charge is 0.247 e. The summed E-state index contributed by atoms with van der Waals surface area (Å²) < 4.78 is 7.15. The zero-order valence-corrected chi connectivity index (χ0v) is 13.6. The number of rotatable bonds is 5. The van der Waals surface area contributed by atoms with Gasteiger partial charge in [0.25, 0.3) is 0 Å². The van der Waals surface area contributed by atoms with Crippen LogP contribution in [0.1, 0.15) is 11.4 Å². The number of hydrogen-bond donors (Lipinski definition) is 1. The lowest BCUT2D eigenvalue weighted by Gasteiger charge is -2.03. The first-order chi connectivity index (χ1) is 11.7. The summed E-state index contributed by atoms with van der Waals surface area (Å²) in [5, 5.41) is 3.99. The van der Waals surface area contributed by atoms with Crippen LogP contribution >= 0.6 is 0 Å². The first kappa shape index (κ1) is 15.7. The van der Waals surface area contributed by atoms with Gasteiger partial charge in [-0.25, -0.2) is 10.4 Å². The third kappa shape index (κ3) is 3.27. The van der Waals surface area contributed by atoms with Crippen LogP contribution in [0.15, 0.2) is 53.6 Å². The van der Waals surface area contributed by atoms with Gasteiger partial charge in [0.15, 0.2) is 0 Å². The van der Waals surface area contributed by atoms with Gasteiger partial charge in [0.05, 0.1) is 30.8 Å². The van der Waals surface area contributed by atoms with Crippen molar-refractivity contribution >= 4 is 23.2 Å². The predicted molar refractivity (Wildman–Crippen MR) is 93.1 cm³/mol. The highest BCUT2D eigenvalue weighted by molar-refractivity contribution is 5.86. The molecular weight excluding hydrogens is 304 g/mol. The van der Waals surface area contributed by atoms with E-state index in [1.807, 2.05) is 60.1 Å². The molecule has 3 rings (SSSR count). The Morgan fingerprint density at radius 1 is 1.25 bits per heavy atom. The van der Waals surface area contributed by atoms with Crippen molar-refractivity contribution in [2.45, 2.75) is 6.42 Å². The van der Waals surface area contributed by atoms with Gasteiger partial charge in [-0.15, -0.1) is 0 Å². The Morgan fingerprint density at radius 2 is 2.00 bits per heavy atom. The number of amides is 1. The predicted octanol–water partition coefficient (Wildman–Crippen LogP) is 2.27. The number of ether oxygens (including phenoxy) is 1. The molecule has 0 atom stereocenters. The van der Waals surface area contributed by atoms with Gasteiger partial charge in [-0.2, -0.15) is 5.10 Å². The topological polar surface area (TPSA) is 68.5 Å². The van der Waals surface area contributed by atoms with Crippen LogP contribution in [0.4, 0.5) is 0 Å². The maximum Gasteiger partial charge on any atom is 0.247 e. The third-order valence-corrected chi connectivity index (χ3v) is 3.73. The number of benzene rings is 2. The van der Waals surface area contributed by atoms with Crippen LogP contribution in [-0.2, 0) is 18.3 Å². The summed E-state index contributed by atoms with van der Waals surface area (Å²) in [6, 6.07) is 15.2. The average Bonchev–Trinajstić information content (AvgIpc) is 2.91. The Kier molecular flexibility index (Phi) is 4.56. The minimum Gasteiger partial charge on any atom is -0.496 e. The van der Waals surface area contributed by atoms with Gasteiger partial charge >= 0.3 is 0 Å². The molecule has 0 aliphatic carbocycles. The number of carbonyl (C=O) groups excluding carboxylic acids is 1. The molecule has 0 unspecified atom stereocenters. The molecule has 1 heterocycles.